The number of piperidine rings is 1. The summed E-state index contributed by atoms with van der Waals surface area (Å²) < 4.78 is 55.8. The Morgan fingerprint density at radius 3 is 2.52 bits per heavy atom. The summed E-state index contributed by atoms with van der Waals surface area (Å²) in [6.45, 7) is 0.195. The van der Waals surface area contributed by atoms with E-state index in [-0.39, 0.29) is 47.6 Å². The summed E-state index contributed by atoms with van der Waals surface area (Å²) in [5.41, 5.74) is 3.20. The molecule has 0 radical (unpaired) electrons. The Morgan fingerprint density at radius 2 is 1.81 bits per heavy atom. The van der Waals surface area contributed by atoms with Crippen molar-refractivity contribution in [2.75, 3.05) is 4.90 Å². The van der Waals surface area contributed by atoms with Gasteiger partial charge in [-0.1, -0.05) is 23.4 Å². The predicted molar refractivity (Wildman–Crippen MR) is 146 cm³/mol. The van der Waals surface area contributed by atoms with E-state index >= 15 is 0 Å². The highest BCUT2D eigenvalue weighted by atomic mass is 19.4. The van der Waals surface area contributed by atoms with Crippen LogP contribution in [0.5, 0.6) is 5.75 Å². The van der Waals surface area contributed by atoms with Gasteiger partial charge in [0.15, 0.2) is 0 Å². The molecule has 2 aromatic carbocycles. The van der Waals surface area contributed by atoms with Crippen LogP contribution in [0.15, 0.2) is 59.3 Å². The lowest BCUT2D eigenvalue weighted by atomic mass is 9.98. The second-order valence-electron chi connectivity index (χ2n) is 11.3. The Bertz CT molecular complexity index is 1640. The van der Waals surface area contributed by atoms with E-state index in [0.717, 1.165) is 55.1 Å². The lowest BCUT2D eigenvalue weighted by Gasteiger charge is -2.40. The molecule has 3 aliphatic rings. The number of carbonyl (C=O) groups is 1. The van der Waals surface area contributed by atoms with Crippen LogP contribution in [0.25, 0.3) is 22.2 Å². The van der Waals surface area contributed by atoms with Crippen LogP contribution in [-0.2, 0) is 11.3 Å². The zero-order chi connectivity index (χ0) is 29.0. The average Bonchev–Trinajstić information content (AvgIpc) is 3.66. The smallest absolute Gasteiger partial charge is 0.478 e. The number of aromatic nitrogens is 2. The van der Waals surface area contributed by atoms with E-state index in [2.05, 4.69) is 19.8 Å². The number of pyridine rings is 1. The molecule has 3 atom stereocenters. The van der Waals surface area contributed by atoms with Crippen molar-refractivity contribution in [3.8, 4) is 17.0 Å². The van der Waals surface area contributed by atoms with Crippen LogP contribution in [0, 0.1) is 0 Å². The average molecular weight is 580 g/mol. The molecule has 218 valence electrons. The summed E-state index contributed by atoms with van der Waals surface area (Å²) in [6, 6.07) is 14.1. The number of alkyl halides is 3. The molecule has 2 aromatic heterocycles. The molecule has 2 bridgehead atoms. The van der Waals surface area contributed by atoms with Crippen molar-refractivity contribution in [2.24, 2.45) is 0 Å². The van der Waals surface area contributed by atoms with E-state index in [9.17, 15) is 23.1 Å². The highest BCUT2D eigenvalue weighted by Crippen LogP contribution is 2.46. The molecule has 8 nitrogen and oxygen atoms in total. The molecule has 11 heteroatoms. The maximum Gasteiger partial charge on any atom is 0.573 e. The molecular weight excluding hydrogens is 551 g/mol. The van der Waals surface area contributed by atoms with E-state index in [1.54, 1.807) is 18.2 Å². The van der Waals surface area contributed by atoms with Crippen LogP contribution >= 0.6 is 0 Å². The minimum absolute atomic E-state index is 0.0214. The Morgan fingerprint density at radius 1 is 1.05 bits per heavy atom. The van der Waals surface area contributed by atoms with E-state index in [0.29, 0.717) is 17.0 Å². The monoisotopic (exact) mass is 579 g/mol. The van der Waals surface area contributed by atoms with Crippen molar-refractivity contribution in [2.45, 2.75) is 75.6 Å². The molecule has 2 saturated heterocycles. The molecular formula is C31H28F3N3O5. The molecule has 2 unspecified atom stereocenters. The van der Waals surface area contributed by atoms with Crippen molar-refractivity contribution in [3.05, 3.63) is 71.6 Å². The summed E-state index contributed by atoms with van der Waals surface area (Å²) in [4.78, 5) is 18.1. The van der Waals surface area contributed by atoms with E-state index in [1.165, 1.54) is 18.3 Å². The number of carboxylic acid groups (broad SMARTS) is 1. The fourth-order valence-electron chi connectivity index (χ4n) is 6.49. The summed E-state index contributed by atoms with van der Waals surface area (Å²) in [6.07, 6.45) is 2.11. The number of carboxylic acids is 1. The molecule has 1 saturated carbocycles. The molecule has 2 aliphatic heterocycles. The first kappa shape index (κ1) is 26.8. The zero-order valence-electron chi connectivity index (χ0n) is 22.5. The molecule has 1 N–H and O–H groups in total. The number of ether oxygens (including phenoxy) is 2. The van der Waals surface area contributed by atoms with E-state index in [1.807, 2.05) is 18.2 Å². The van der Waals surface area contributed by atoms with Crippen LogP contribution < -0.4 is 9.64 Å². The number of nitrogens with zero attached hydrogens (tertiary/aromatic N) is 3. The van der Waals surface area contributed by atoms with Gasteiger partial charge < -0.3 is 24.0 Å². The van der Waals surface area contributed by atoms with Gasteiger partial charge in [-0.3, -0.25) is 4.98 Å². The number of rotatable bonds is 8. The molecule has 4 aromatic rings. The summed E-state index contributed by atoms with van der Waals surface area (Å²) in [5, 5.41) is 14.2. The van der Waals surface area contributed by atoms with Crippen LogP contribution in [0.3, 0.4) is 0 Å². The summed E-state index contributed by atoms with van der Waals surface area (Å²) in [7, 11) is 0. The Labute approximate surface area is 239 Å². The molecule has 0 spiro atoms. The largest absolute Gasteiger partial charge is 0.573 e. The quantitative estimate of drug-likeness (QED) is 0.237. The number of hydrogen-bond acceptors (Lipinski definition) is 7. The SMILES string of the molecule is O=C(O)c1cnc2cc(N3C4CC[C@H]3CC(OCc3c(-c5ccccc5OC(F)(F)F)noc3C3CC3)C4)ccc2c1. The van der Waals surface area contributed by atoms with Crippen molar-refractivity contribution < 1.29 is 37.1 Å². The highest BCUT2D eigenvalue weighted by molar-refractivity contribution is 5.93. The number of halogens is 3. The molecule has 7 rings (SSSR count). The second kappa shape index (κ2) is 10.3. The first-order valence-electron chi connectivity index (χ1n) is 14.1. The number of para-hydroxylation sites is 1. The first-order chi connectivity index (χ1) is 20.2. The van der Waals surface area contributed by atoms with Gasteiger partial charge in [0, 0.05) is 46.4 Å². The first-order valence-corrected chi connectivity index (χ1v) is 14.1. The third-order valence-corrected chi connectivity index (χ3v) is 8.50. The number of benzene rings is 2. The molecule has 1 aliphatic carbocycles. The van der Waals surface area contributed by atoms with Gasteiger partial charge in [-0.2, -0.15) is 0 Å². The van der Waals surface area contributed by atoms with Gasteiger partial charge in [0.05, 0.1) is 23.8 Å². The Kier molecular flexibility index (Phi) is 6.56. The van der Waals surface area contributed by atoms with Crippen LogP contribution in [0.1, 0.15) is 66.1 Å². The summed E-state index contributed by atoms with van der Waals surface area (Å²) in [5.74, 6) is -0.444. The minimum Gasteiger partial charge on any atom is -0.478 e. The highest BCUT2D eigenvalue weighted by Gasteiger charge is 2.42. The lowest BCUT2D eigenvalue weighted by Crippen LogP contribution is -2.45. The van der Waals surface area contributed by atoms with Gasteiger partial charge >= 0.3 is 12.3 Å². The lowest BCUT2D eigenvalue weighted by molar-refractivity contribution is -0.274. The molecule has 42 heavy (non-hydrogen) atoms. The maximum absolute atomic E-state index is 13.1. The van der Waals surface area contributed by atoms with Gasteiger partial charge in [0.2, 0.25) is 0 Å². The van der Waals surface area contributed by atoms with Crippen molar-refractivity contribution in [3.63, 3.8) is 0 Å². The number of anilines is 1. The van der Waals surface area contributed by atoms with E-state index < -0.39 is 12.3 Å². The fraction of sp³-hybridized carbons (Fsp3) is 0.387. The normalized spacial score (nSPS) is 22.1. The van der Waals surface area contributed by atoms with Gasteiger partial charge in [-0.15, -0.1) is 13.2 Å². The summed E-state index contributed by atoms with van der Waals surface area (Å²) >= 11 is 0. The molecule has 3 fully saturated rings. The minimum atomic E-state index is -4.83. The van der Waals surface area contributed by atoms with Crippen molar-refractivity contribution >= 4 is 22.6 Å². The number of fused-ring (bicyclic) bond motifs is 3. The van der Waals surface area contributed by atoms with Crippen molar-refractivity contribution in [1.29, 1.82) is 0 Å². The Balaban J connectivity index is 1.09. The third-order valence-electron chi connectivity index (χ3n) is 8.50. The molecule has 4 heterocycles. The van der Waals surface area contributed by atoms with Crippen LogP contribution in [0.4, 0.5) is 18.9 Å². The van der Waals surface area contributed by atoms with Crippen molar-refractivity contribution in [1.82, 2.24) is 10.1 Å². The fourth-order valence-corrected chi connectivity index (χ4v) is 6.49. The van der Waals surface area contributed by atoms with Crippen LogP contribution in [-0.4, -0.2) is 45.8 Å². The molecule has 0 amide bonds. The maximum atomic E-state index is 13.1. The van der Waals surface area contributed by atoms with Crippen LogP contribution in [0.2, 0.25) is 0 Å². The van der Waals surface area contributed by atoms with Gasteiger partial charge in [-0.25, -0.2) is 4.79 Å². The van der Waals surface area contributed by atoms with Gasteiger partial charge in [0.1, 0.15) is 17.2 Å². The van der Waals surface area contributed by atoms with E-state index in [4.69, 9.17) is 9.26 Å². The number of hydrogen-bond donors (Lipinski definition) is 1. The predicted octanol–water partition coefficient (Wildman–Crippen LogP) is 7.08. The topological polar surface area (TPSA) is 97.9 Å². The Hall–Kier alpha value is -4.12. The zero-order valence-corrected chi connectivity index (χ0v) is 22.5. The standard InChI is InChI=1S/C31H28F3N3O5/c32-31(33,34)41-27-4-2-1-3-24(27)28-25(29(42-36-28)17-5-6-17)16-40-23-12-20-9-10-21(13-23)37(20)22-8-7-18-11-19(30(38)39)15-35-26(18)14-22/h1-4,7-8,11,14-15,17,20-21,23H,5-6,9-10,12-13,16H2,(H,38,39)/t20-,21?,23?/m0/s1. The number of aromatic carboxylic acids is 1. The second-order valence-corrected chi connectivity index (χ2v) is 11.3. The third kappa shape index (κ3) is 5.17. The van der Waals surface area contributed by atoms with Gasteiger partial charge in [-0.05, 0) is 68.9 Å². The van der Waals surface area contributed by atoms with Gasteiger partial charge in [0.25, 0.3) is 0 Å².